The van der Waals surface area contributed by atoms with Gasteiger partial charge in [0.2, 0.25) is 0 Å². The summed E-state index contributed by atoms with van der Waals surface area (Å²) in [5.41, 5.74) is 0.236. The van der Waals surface area contributed by atoms with Gasteiger partial charge in [-0.15, -0.1) is 0 Å². The molecule has 0 rings (SSSR count). The van der Waals surface area contributed by atoms with Crippen LogP contribution in [-0.2, 0) is 28.6 Å². The van der Waals surface area contributed by atoms with Gasteiger partial charge in [-0.1, -0.05) is 86.0 Å². The van der Waals surface area contributed by atoms with Crippen LogP contribution in [0.5, 0.6) is 0 Å². The number of hydrogen-bond donors (Lipinski definition) is 0. The molecule has 6 heteroatoms. The zero-order valence-electron chi connectivity index (χ0n) is 24.2. The molecule has 0 spiro atoms. The second-order valence-corrected chi connectivity index (χ2v) is 11.3. The van der Waals surface area contributed by atoms with Crippen molar-refractivity contribution in [3.63, 3.8) is 0 Å². The molecule has 6 nitrogen and oxygen atoms in total. The van der Waals surface area contributed by atoms with E-state index in [4.69, 9.17) is 14.2 Å². The van der Waals surface area contributed by atoms with Crippen LogP contribution in [-0.4, -0.2) is 37.7 Å². The highest BCUT2D eigenvalue weighted by Crippen LogP contribution is 2.20. The van der Waals surface area contributed by atoms with Crippen molar-refractivity contribution in [3.8, 4) is 0 Å². The molecule has 0 aliphatic heterocycles. The van der Waals surface area contributed by atoms with E-state index in [2.05, 4.69) is 34.6 Å². The third-order valence-corrected chi connectivity index (χ3v) is 6.26. The Labute approximate surface area is 221 Å². The molecule has 0 bridgehead atoms. The maximum absolute atomic E-state index is 12.1. The lowest BCUT2D eigenvalue weighted by Gasteiger charge is -2.18. The fourth-order valence-electron chi connectivity index (χ4n) is 3.92. The highest BCUT2D eigenvalue weighted by molar-refractivity contribution is 5.70. The van der Waals surface area contributed by atoms with Crippen LogP contribution in [0.25, 0.3) is 0 Å². The third-order valence-electron chi connectivity index (χ3n) is 6.26. The molecule has 36 heavy (non-hydrogen) atoms. The van der Waals surface area contributed by atoms with Crippen LogP contribution < -0.4 is 0 Å². The van der Waals surface area contributed by atoms with E-state index in [9.17, 15) is 14.4 Å². The van der Waals surface area contributed by atoms with Crippen molar-refractivity contribution >= 4 is 17.9 Å². The first-order chi connectivity index (χ1) is 17.2. The predicted molar refractivity (Wildman–Crippen MR) is 146 cm³/mol. The van der Waals surface area contributed by atoms with Crippen molar-refractivity contribution in [2.24, 2.45) is 11.3 Å². The van der Waals surface area contributed by atoms with E-state index >= 15 is 0 Å². The number of ether oxygens (including phenoxy) is 3. The quantitative estimate of drug-likeness (QED) is 0.0785. The molecule has 0 aliphatic rings. The minimum absolute atomic E-state index is 0.105. The Morgan fingerprint density at radius 1 is 0.583 bits per heavy atom. The molecule has 0 fully saturated rings. The van der Waals surface area contributed by atoms with E-state index in [0.29, 0.717) is 38.7 Å². The minimum atomic E-state index is -0.198. The first kappa shape index (κ1) is 34.4. The average molecular weight is 513 g/mol. The van der Waals surface area contributed by atoms with Gasteiger partial charge in [0.25, 0.3) is 0 Å². The molecule has 0 heterocycles. The summed E-state index contributed by atoms with van der Waals surface area (Å²) in [5, 5.41) is 0. The first-order valence-corrected chi connectivity index (χ1v) is 14.6. The normalized spacial score (nSPS) is 11.5. The number of carbonyl (C=O) groups excluding carboxylic acids is 3. The fraction of sp³-hybridized carbons (Fsp3) is 0.900. The van der Waals surface area contributed by atoms with Crippen molar-refractivity contribution in [3.05, 3.63) is 0 Å². The van der Waals surface area contributed by atoms with Crippen LogP contribution in [0.15, 0.2) is 0 Å². The second-order valence-electron chi connectivity index (χ2n) is 11.3. The maximum atomic E-state index is 12.1. The SMILES string of the molecule is CCCCCCCC(=O)OCC(CCCC(=O)OCCCC(C)(C)C)COC(=O)CCCCCCC. The Kier molecular flexibility index (Phi) is 21.6. The Bertz CT molecular complexity index is 536. The Balaban J connectivity index is 4.38. The second kappa shape index (κ2) is 22.6. The van der Waals surface area contributed by atoms with Crippen molar-refractivity contribution in [1.29, 1.82) is 0 Å². The molecule has 0 N–H and O–H groups in total. The Morgan fingerprint density at radius 3 is 1.50 bits per heavy atom. The molecule has 0 amide bonds. The molecule has 0 unspecified atom stereocenters. The van der Waals surface area contributed by atoms with Gasteiger partial charge in [-0.25, -0.2) is 0 Å². The monoisotopic (exact) mass is 512 g/mol. The minimum Gasteiger partial charge on any atom is -0.466 e. The smallest absolute Gasteiger partial charge is 0.305 e. The van der Waals surface area contributed by atoms with Crippen LogP contribution in [0.1, 0.15) is 144 Å². The third kappa shape index (κ3) is 24.1. The van der Waals surface area contributed by atoms with Crippen LogP contribution >= 0.6 is 0 Å². The van der Waals surface area contributed by atoms with Gasteiger partial charge in [0.1, 0.15) is 0 Å². The van der Waals surface area contributed by atoms with E-state index in [0.717, 1.165) is 51.4 Å². The molecule has 0 aromatic rings. The standard InChI is InChI=1S/C30H56O6/c1-6-8-10-12-14-19-28(32)35-24-26(25-36-29(33)20-15-13-11-9-7-2)18-16-21-27(31)34-23-17-22-30(3,4)5/h26H,6-25H2,1-5H3. The van der Waals surface area contributed by atoms with Crippen LogP contribution in [0, 0.1) is 11.3 Å². The lowest BCUT2D eigenvalue weighted by molar-refractivity contribution is -0.150. The number of esters is 3. The maximum Gasteiger partial charge on any atom is 0.305 e. The number of hydrogen-bond acceptors (Lipinski definition) is 6. The summed E-state index contributed by atoms with van der Waals surface area (Å²) in [6.07, 6.45) is 15.1. The molecule has 0 aromatic heterocycles. The van der Waals surface area contributed by atoms with Gasteiger partial charge in [-0.05, 0) is 43.9 Å². The molecule has 0 atom stereocenters. The summed E-state index contributed by atoms with van der Waals surface area (Å²) in [4.78, 5) is 36.4. The lowest BCUT2D eigenvalue weighted by atomic mass is 9.91. The van der Waals surface area contributed by atoms with Gasteiger partial charge in [0.15, 0.2) is 0 Å². The molecule has 0 saturated carbocycles. The van der Waals surface area contributed by atoms with Crippen LogP contribution in [0.4, 0.5) is 0 Å². The number of unbranched alkanes of at least 4 members (excludes halogenated alkanes) is 8. The summed E-state index contributed by atoms with van der Waals surface area (Å²) < 4.78 is 16.3. The average Bonchev–Trinajstić information content (AvgIpc) is 2.82. The summed E-state index contributed by atoms with van der Waals surface area (Å²) in [5.74, 6) is -0.698. The van der Waals surface area contributed by atoms with Gasteiger partial charge in [-0.2, -0.15) is 0 Å². The molecule has 0 radical (unpaired) electrons. The van der Waals surface area contributed by atoms with Gasteiger partial charge >= 0.3 is 17.9 Å². The topological polar surface area (TPSA) is 78.9 Å². The van der Waals surface area contributed by atoms with E-state index < -0.39 is 0 Å². The lowest BCUT2D eigenvalue weighted by Crippen LogP contribution is -2.21. The van der Waals surface area contributed by atoms with E-state index in [1.165, 1.54) is 25.7 Å². The van der Waals surface area contributed by atoms with Crippen molar-refractivity contribution in [2.45, 2.75) is 144 Å². The van der Waals surface area contributed by atoms with Crippen molar-refractivity contribution < 1.29 is 28.6 Å². The highest BCUT2D eigenvalue weighted by Gasteiger charge is 2.17. The summed E-state index contributed by atoms with van der Waals surface area (Å²) in [6.45, 7) is 11.7. The molecule has 212 valence electrons. The summed E-state index contributed by atoms with van der Waals surface area (Å²) in [6, 6.07) is 0. The van der Waals surface area contributed by atoms with Crippen LogP contribution in [0.2, 0.25) is 0 Å². The first-order valence-electron chi connectivity index (χ1n) is 14.6. The van der Waals surface area contributed by atoms with Gasteiger partial charge in [-0.3, -0.25) is 14.4 Å². The van der Waals surface area contributed by atoms with E-state index in [1.807, 2.05) is 0 Å². The van der Waals surface area contributed by atoms with Gasteiger partial charge in [0.05, 0.1) is 19.8 Å². The predicted octanol–water partition coefficient (Wildman–Crippen LogP) is 7.95. The van der Waals surface area contributed by atoms with Crippen molar-refractivity contribution in [2.75, 3.05) is 19.8 Å². The van der Waals surface area contributed by atoms with E-state index in [1.54, 1.807) is 0 Å². The van der Waals surface area contributed by atoms with Gasteiger partial charge < -0.3 is 14.2 Å². The zero-order chi connectivity index (χ0) is 27.1. The molecule has 0 aliphatic carbocycles. The Hall–Kier alpha value is -1.59. The van der Waals surface area contributed by atoms with Crippen molar-refractivity contribution in [1.82, 2.24) is 0 Å². The zero-order valence-corrected chi connectivity index (χ0v) is 24.2. The number of carbonyl (C=O) groups is 3. The molecular formula is C30H56O6. The van der Waals surface area contributed by atoms with Crippen LogP contribution in [0.3, 0.4) is 0 Å². The molecule has 0 aromatic carbocycles. The molecular weight excluding hydrogens is 456 g/mol. The fourth-order valence-corrected chi connectivity index (χ4v) is 3.92. The number of rotatable bonds is 23. The summed E-state index contributed by atoms with van der Waals surface area (Å²) >= 11 is 0. The summed E-state index contributed by atoms with van der Waals surface area (Å²) in [7, 11) is 0. The highest BCUT2D eigenvalue weighted by atomic mass is 16.5. The van der Waals surface area contributed by atoms with Gasteiger partial charge in [0, 0.05) is 25.2 Å². The Morgan fingerprint density at radius 2 is 1.03 bits per heavy atom. The largest absolute Gasteiger partial charge is 0.466 e. The molecule has 0 saturated heterocycles. The van der Waals surface area contributed by atoms with E-state index in [-0.39, 0.29) is 42.5 Å².